The van der Waals surface area contributed by atoms with Crippen molar-refractivity contribution in [3.05, 3.63) is 35.4 Å². The van der Waals surface area contributed by atoms with E-state index >= 15 is 0 Å². The van der Waals surface area contributed by atoms with Gasteiger partial charge in [0.15, 0.2) is 5.78 Å². The molecule has 0 spiro atoms. The lowest BCUT2D eigenvalue weighted by molar-refractivity contribution is 0.0765. The van der Waals surface area contributed by atoms with Gasteiger partial charge in [0.1, 0.15) is 0 Å². The molecule has 0 atom stereocenters. The molecule has 1 aromatic carbocycles. The lowest BCUT2D eigenvalue weighted by Gasteiger charge is -2.17. The lowest BCUT2D eigenvalue weighted by atomic mass is 9.97. The zero-order valence-corrected chi connectivity index (χ0v) is 8.82. The van der Waals surface area contributed by atoms with Crippen molar-refractivity contribution in [2.24, 2.45) is 5.73 Å². The summed E-state index contributed by atoms with van der Waals surface area (Å²) in [4.78, 5) is 11.6. The van der Waals surface area contributed by atoms with Gasteiger partial charge in [0.2, 0.25) is 0 Å². The van der Waals surface area contributed by atoms with E-state index in [4.69, 9.17) is 10.5 Å². The maximum Gasteiger partial charge on any atom is 0.176 e. The Morgan fingerprint density at radius 1 is 1.47 bits per heavy atom. The average Bonchev–Trinajstić information content (AvgIpc) is 3.09. The van der Waals surface area contributed by atoms with E-state index in [-0.39, 0.29) is 17.9 Å². The number of ketones is 1. The molecule has 2 rings (SSSR count). The normalized spacial score (nSPS) is 17.5. The van der Waals surface area contributed by atoms with E-state index in [0.717, 1.165) is 18.4 Å². The number of carbonyl (C=O) groups is 1. The highest BCUT2D eigenvalue weighted by atomic mass is 16.5. The average molecular weight is 205 g/mol. The van der Waals surface area contributed by atoms with Crippen LogP contribution in [0.5, 0.6) is 0 Å². The number of hydrogen-bond acceptors (Lipinski definition) is 3. The zero-order chi connectivity index (χ0) is 10.9. The number of hydrogen-bond donors (Lipinski definition) is 1. The highest BCUT2D eigenvalue weighted by molar-refractivity contribution is 5.99. The first kappa shape index (κ1) is 10.3. The number of methoxy groups -OCH3 is 1. The van der Waals surface area contributed by atoms with Crippen LogP contribution in [0.25, 0.3) is 0 Å². The molecule has 1 fully saturated rings. The summed E-state index contributed by atoms with van der Waals surface area (Å²) in [5.74, 6) is -0.0195. The Balaban J connectivity index is 2.43. The first-order chi connectivity index (χ1) is 7.23. The first-order valence-corrected chi connectivity index (χ1v) is 5.11. The maximum atomic E-state index is 11.6. The Labute approximate surface area is 89.2 Å². The van der Waals surface area contributed by atoms with Gasteiger partial charge in [-0.3, -0.25) is 4.79 Å². The molecule has 0 radical (unpaired) electrons. The Morgan fingerprint density at radius 2 is 2.13 bits per heavy atom. The lowest BCUT2D eigenvalue weighted by Crippen LogP contribution is -2.20. The van der Waals surface area contributed by atoms with Gasteiger partial charge in [-0.2, -0.15) is 0 Å². The van der Waals surface area contributed by atoms with Crippen molar-refractivity contribution in [3.63, 3.8) is 0 Å². The van der Waals surface area contributed by atoms with E-state index in [1.54, 1.807) is 7.11 Å². The van der Waals surface area contributed by atoms with Gasteiger partial charge >= 0.3 is 0 Å². The van der Waals surface area contributed by atoms with E-state index in [9.17, 15) is 4.79 Å². The molecule has 1 aliphatic rings. The molecule has 0 aromatic heterocycles. The maximum absolute atomic E-state index is 11.6. The number of Topliss-reactive ketones (excluding diaryl/α,β-unsaturated/α-hetero) is 1. The highest BCUT2D eigenvalue weighted by Gasteiger charge is 2.46. The molecule has 0 saturated heterocycles. The molecule has 1 aliphatic carbocycles. The van der Waals surface area contributed by atoms with Gasteiger partial charge in [-0.25, -0.2) is 0 Å². The van der Waals surface area contributed by atoms with Gasteiger partial charge in [0, 0.05) is 12.7 Å². The summed E-state index contributed by atoms with van der Waals surface area (Å²) in [6, 6.07) is 7.57. The van der Waals surface area contributed by atoms with Gasteiger partial charge in [-0.15, -0.1) is 0 Å². The first-order valence-electron chi connectivity index (χ1n) is 5.11. The fraction of sp³-hybridized carbons (Fsp3) is 0.417. The highest BCUT2D eigenvalue weighted by Crippen LogP contribution is 2.49. The third kappa shape index (κ3) is 1.68. The van der Waals surface area contributed by atoms with Crippen LogP contribution in [0.2, 0.25) is 0 Å². The Kier molecular flexibility index (Phi) is 2.59. The molecule has 15 heavy (non-hydrogen) atoms. The third-order valence-electron chi connectivity index (χ3n) is 3.00. The molecular weight excluding hydrogens is 190 g/mol. The van der Waals surface area contributed by atoms with Crippen molar-refractivity contribution >= 4 is 5.78 Å². The molecular formula is C12H15NO2. The number of nitrogens with two attached hydrogens (primary N) is 1. The van der Waals surface area contributed by atoms with Gasteiger partial charge in [0.25, 0.3) is 0 Å². The monoisotopic (exact) mass is 205 g/mol. The molecule has 1 aromatic rings. The largest absolute Gasteiger partial charge is 0.374 e. The minimum absolute atomic E-state index is 0.0195. The summed E-state index contributed by atoms with van der Waals surface area (Å²) >= 11 is 0. The zero-order valence-electron chi connectivity index (χ0n) is 8.82. The summed E-state index contributed by atoms with van der Waals surface area (Å²) in [6.07, 6.45) is 1.97. The van der Waals surface area contributed by atoms with Crippen LogP contribution in [-0.4, -0.2) is 19.4 Å². The van der Waals surface area contributed by atoms with Crippen LogP contribution in [0.1, 0.15) is 28.8 Å². The molecule has 0 amide bonds. The van der Waals surface area contributed by atoms with Crippen molar-refractivity contribution in [2.45, 2.75) is 18.4 Å². The number of benzene rings is 1. The summed E-state index contributed by atoms with van der Waals surface area (Å²) in [7, 11) is 1.69. The van der Waals surface area contributed by atoms with Crippen molar-refractivity contribution in [3.8, 4) is 0 Å². The molecule has 80 valence electrons. The van der Waals surface area contributed by atoms with E-state index in [0.29, 0.717) is 5.56 Å². The summed E-state index contributed by atoms with van der Waals surface area (Å²) in [5, 5.41) is 0. The second kappa shape index (κ2) is 3.76. The number of ether oxygens (including phenoxy) is 1. The molecule has 0 aliphatic heterocycles. The fourth-order valence-electron chi connectivity index (χ4n) is 1.93. The minimum atomic E-state index is -0.221. The summed E-state index contributed by atoms with van der Waals surface area (Å²) in [6.45, 7) is 0.0524. The number of carbonyl (C=O) groups excluding carboxylic acids is 1. The Bertz CT molecular complexity index is 383. The van der Waals surface area contributed by atoms with Gasteiger partial charge < -0.3 is 10.5 Å². The standard InChI is InChI=1S/C12H15NO2/c1-15-12(6-7-12)10-5-3-2-4-9(10)11(14)8-13/h2-5H,6-8,13H2,1H3. The van der Waals surface area contributed by atoms with Crippen molar-refractivity contribution < 1.29 is 9.53 Å². The van der Waals surface area contributed by atoms with Crippen molar-refractivity contribution in [2.75, 3.05) is 13.7 Å². The van der Waals surface area contributed by atoms with E-state index in [2.05, 4.69) is 0 Å². The predicted octanol–water partition coefficient (Wildman–Crippen LogP) is 1.46. The van der Waals surface area contributed by atoms with E-state index in [1.165, 1.54) is 0 Å². The molecule has 0 unspecified atom stereocenters. The van der Waals surface area contributed by atoms with Crippen molar-refractivity contribution in [1.29, 1.82) is 0 Å². The molecule has 0 bridgehead atoms. The van der Waals surface area contributed by atoms with Gasteiger partial charge in [0.05, 0.1) is 12.1 Å². The van der Waals surface area contributed by atoms with Crippen LogP contribution in [0, 0.1) is 0 Å². The van der Waals surface area contributed by atoms with Crippen LogP contribution in [0.15, 0.2) is 24.3 Å². The summed E-state index contributed by atoms with van der Waals surface area (Å²) < 4.78 is 5.48. The van der Waals surface area contributed by atoms with Crippen LogP contribution < -0.4 is 5.73 Å². The van der Waals surface area contributed by atoms with Crippen LogP contribution >= 0.6 is 0 Å². The molecule has 3 nitrogen and oxygen atoms in total. The SMILES string of the molecule is COC1(c2ccccc2C(=O)CN)CC1. The Morgan fingerprint density at radius 3 is 2.67 bits per heavy atom. The number of rotatable bonds is 4. The van der Waals surface area contributed by atoms with Crippen LogP contribution in [0.4, 0.5) is 0 Å². The molecule has 3 heteroatoms. The molecule has 2 N–H and O–H groups in total. The van der Waals surface area contributed by atoms with Crippen molar-refractivity contribution in [1.82, 2.24) is 0 Å². The topological polar surface area (TPSA) is 52.3 Å². The minimum Gasteiger partial charge on any atom is -0.374 e. The molecule has 0 heterocycles. The van der Waals surface area contributed by atoms with Gasteiger partial charge in [-0.05, 0) is 18.4 Å². The quantitative estimate of drug-likeness (QED) is 0.757. The van der Waals surface area contributed by atoms with Crippen LogP contribution in [0.3, 0.4) is 0 Å². The van der Waals surface area contributed by atoms with Gasteiger partial charge in [-0.1, -0.05) is 24.3 Å². The Hall–Kier alpha value is -1.19. The predicted molar refractivity (Wildman–Crippen MR) is 57.7 cm³/mol. The summed E-state index contributed by atoms with van der Waals surface area (Å²) in [5.41, 5.74) is 6.86. The van der Waals surface area contributed by atoms with Crippen LogP contribution in [-0.2, 0) is 10.3 Å². The fourth-order valence-corrected chi connectivity index (χ4v) is 1.93. The second-order valence-corrected chi connectivity index (χ2v) is 3.87. The second-order valence-electron chi connectivity index (χ2n) is 3.87. The third-order valence-corrected chi connectivity index (χ3v) is 3.00. The molecule has 1 saturated carbocycles. The van der Waals surface area contributed by atoms with E-state index < -0.39 is 0 Å². The van der Waals surface area contributed by atoms with E-state index in [1.807, 2.05) is 24.3 Å². The smallest absolute Gasteiger partial charge is 0.176 e.